The Morgan fingerprint density at radius 3 is 2.88 bits per heavy atom. The third-order valence-electron chi connectivity index (χ3n) is 6.60. The van der Waals surface area contributed by atoms with Gasteiger partial charge in [0.1, 0.15) is 0 Å². The number of benzene rings is 2. The molecule has 0 radical (unpaired) electrons. The summed E-state index contributed by atoms with van der Waals surface area (Å²) in [7, 11) is 0. The van der Waals surface area contributed by atoms with E-state index in [2.05, 4.69) is 81.2 Å². The maximum absolute atomic E-state index is 12.9. The highest BCUT2D eigenvalue weighted by Crippen LogP contribution is 2.28. The van der Waals surface area contributed by atoms with Gasteiger partial charge in [0.15, 0.2) is 0 Å². The number of rotatable bonds is 6. The van der Waals surface area contributed by atoms with Crippen molar-refractivity contribution in [2.24, 2.45) is 5.92 Å². The number of hydrogen-bond acceptors (Lipinski definition) is 3. The van der Waals surface area contributed by atoms with Crippen molar-refractivity contribution >= 4 is 16.8 Å². The van der Waals surface area contributed by atoms with E-state index in [1.165, 1.54) is 11.1 Å². The Kier molecular flexibility index (Phi) is 5.52. The Morgan fingerprint density at radius 1 is 1.16 bits per heavy atom. The largest absolute Gasteiger partial charge is 0.340 e. The van der Waals surface area contributed by atoms with Gasteiger partial charge in [0, 0.05) is 42.7 Å². The van der Waals surface area contributed by atoms with Crippen LogP contribution >= 0.6 is 0 Å². The molecule has 0 aliphatic carbocycles. The van der Waals surface area contributed by atoms with Gasteiger partial charge in [0.25, 0.3) is 0 Å². The Morgan fingerprint density at radius 2 is 2.06 bits per heavy atom. The number of hydrogen-bond donors (Lipinski definition) is 1. The highest BCUT2D eigenvalue weighted by molar-refractivity contribution is 5.84. The second kappa shape index (κ2) is 8.61. The summed E-state index contributed by atoms with van der Waals surface area (Å²) in [5.74, 6) is 0.682. The average Bonchev–Trinajstić information content (AvgIpc) is 3.53. The fourth-order valence-corrected chi connectivity index (χ4v) is 4.95. The van der Waals surface area contributed by atoms with Crippen LogP contribution in [0.4, 0.5) is 0 Å². The summed E-state index contributed by atoms with van der Waals surface area (Å²) in [4.78, 5) is 15.0. The molecule has 1 amide bonds. The Hall–Kier alpha value is -3.41. The van der Waals surface area contributed by atoms with Crippen LogP contribution in [-0.4, -0.2) is 43.4 Å². The monoisotopic (exact) mass is 427 g/mol. The average molecular weight is 428 g/mol. The van der Waals surface area contributed by atoms with Gasteiger partial charge in [0.05, 0.1) is 17.9 Å². The first-order valence-corrected chi connectivity index (χ1v) is 11.4. The predicted octanol–water partition coefficient (Wildman–Crippen LogP) is 4.60. The fourth-order valence-electron chi connectivity index (χ4n) is 4.95. The SMILES string of the molecule is Cc1cccc(CCC(=O)N2C[C@H](Cn3ncc4cc(-c5cn[nH]c5)ccc43)C[C@H]2C)c1. The standard InChI is InChI=1S/C26H29N5O/c1-18-4-3-5-20(10-18)6-9-26(32)30-16-21(11-19(30)2)17-31-25-8-7-22(12-23(25)15-29-31)24-13-27-28-14-24/h3-5,7-8,10,12-15,19,21H,6,9,11,16-17H2,1-2H3,(H,27,28)/t19-,21-/m1/s1. The van der Waals surface area contributed by atoms with E-state index in [-0.39, 0.29) is 11.9 Å². The van der Waals surface area contributed by atoms with Crippen molar-refractivity contribution in [2.45, 2.75) is 45.7 Å². The number of amides is 1. The molecule has 1 saturated heterocycles. The predicted molar refractivity (Wildman–Crippen MR) is 126 cm³/mol. The molecule has 5 rings (SSSR count). The summed E-state index contributed by atoms with van der Waals surface area (Å²) in [5.41, 5.74) is 5.82. The molecule has 32 heavy (non-hydrogen) atoms. The van der Waals surface area contributed by atoms with Crippen LogP contribution in [0.1, 0.15) is 30.9 Å². The third-order valence-corrected chi connectivity index (χ3v) is 6.60. The van der Waals surface area contributed by atoms with Crippen molar-refractivity contribution < 1.29 is 4.79 Å². The van der Waals surface area contributed by atoms with E-state index in [0.29, 0.717) is 12.3 Å². The number of H-pyrrole nitrogens is 1. The van der Waals surface area contributed by atoms with Gasteiger partial charge < -0.3 is 4.90 Å². The van der Waals surface area contributed by atoms with E-state index in [9.17, 15) is 4.79 Å². The highest BCUT2D eigenvalue weighted by Gasteiger charge is 2.32. The Bertz CT molecular complexity index is 1230. The molecule has 1 fully saturated rings. The summed E-state index contributed by atoms with van der Waals surface area (Å²) >= 11 is 0. The fraction of sp³-hybridized carbons (Fsp3) is 0.346. The molecule has 2 aromatic heterocycles. The summed E-state index contributed by atoms with van der Waals surface area (Å²) in [6, 6.07) is 15.1. The first-order chi connectivity index (χ1) is 15.6. The highest BCUT2D eigenvalue weighted by atomic mass is 16.2. The minimum atomic E-state index is 0.261. The quantitative estimate of drug-likeness (QED) is 0.489. The number of fused-ring (bicyclic) bond motifs is 1. The first kappa shape index (κ1) is 20.5. The van der Waals surface area contributed by atoms with Gasteiger partial charge in [-0.25, -0.2) is 0 Å². The molecule has 164 valence electrons. The van der Waals surface area contributed by atoms with Gasteiger partial charge in [-0.15, -0.1) is 0 Å². The molecule has 3 heterocycles. The van der Waals surface area contributed by atoms with E-state index in [0.717, 1.165) is 48.0 Å². The van der Waals surface area contributed by atoms with Crippen LogP contribution in [0.15, 0.2) is 61.1 Å². The van der Waals surface area contributed by atoms with Crippen molar-refractivity contribution in [2.75, 3.05) is 6.54 Å². The molecule has 2 atom stereocenters. The minimum Gasteiger partial charge on any atom is -0.340 e. The molecule has 4 aromatic rings. The van der Waals surface area contributed by atoms with Crippen LogP contribution in [0.3, 0.4) is 0 Å². The molecular weight excluding hydrogens is 398 g/mol. The number of aromatic nitrogens is 4. The second-order valence-corrected chi connectivity index (χ2v) is 9.07. The van der Waals surface area contributed by atoms with E-state index >= 15 is 0 Å². The van der Waals surface area contributed by atoms with Gasteiger partial charge >= 0.3 is 0 Å². The summed E-state index contributed by atoms with van der Waals surface area (Å²) < 4.78 is 2.09. The van der Waals surface area contributed by atoms with Crippen LogP contribution < -0.4 is 0 Å². The number of nitrogens with zero attached hydrogens (tertiary/aromatic N) is 4. The van der Waals surface area contributed by atoms with Crippen molar-refractivity contribution in [3.8, 4) is 11.1 Å². The van der Waals surface area contributed by atoms with Gasteiger partial charge in [-0.1, -0.05) is 35.9 Å². The summed E-state index contributed by atoms with van der Waals surface area (Å²) in [5, 5.41) is 12.7. The zero-order chi connectivity index (χ0) is 22.1. The maximum atomic E-state index is 12.9. The van der Waals surface area contributed by atoms with Gasteiger partial charge in [0.2, 0.25) is 5.91 Å². The minimum absolute atomic E-state index is 0.261. The number of aryl methyl sites for hydroxylation is 2. The molecule has 1 aliphatic rings. The van der Waals surface area contributed by atoms with Gasteiger partial charge in [-0.3, -0.25) is 14.6 Å². The van der Waals surface area contributed by atoms with Crippen LogP contribution in [0.2, 0.25) is 0 Å². The van der Waals surface area contributed by atoms with Crippen molar-refractivity contribution in [3.05, 3.63) is 72.2 Å². The van der Waals surface area contributed by atoms with Gasteiger partial charge in [-0.05, 0) is 55.9 Å². The lowest BCUT2D eigenvalue weighted by Crippen LogP contribution is -2.34. The van der Waals surface area contributed by atoms with Crippen molar-refractivity contribution in [1.82, 2.24) is 24.9 Å². The zero-order valence-corrected chi connectivity index (χ0v) is 18.7. The van der Waals surface area contributed by atoms with Crippen LogP contribution in [0, 0.1) is 12.8 Å². The molecule has 2 aromatic carbocycles. The number of carbonyl (C=O) groups is 1. The normalized spacial score (nSPS) is 18.5. The van der Waals surface area contributed by atoms with E-state index in [1.54, 1.807) is 0 Å². The molecule has 1 aliphatic heterocycles. The van der Waals surface area contributed by atoms with E-state index in [1.807, 2.05) is 18.6 Å². The number of nitrogens with one attached hydrogen (secondary N) is 1. The summed E-state index contributed by atoms with van der Waals surface area (Å²) in [6.45, 7) is 5.90. The molecule has 0 unspecified atom stereocenters. The number of carbonyl (C=O) groups excluding carboxylic acids is 1. The van der Waals surface area contributed by atoms with Gasteiger partial charge in [-0.2, -0.15) is 10.2 Å². The summed E-state index contributed by atoms with van der Waals surface area (Å²) in [6.07, 6.45) is 8.05. The molecule has 6 heteroatoms. The molecule has 6 nitrogen and oxygen atoms in total. The Balaban J connectivity index is 1.23. The van der Waals surface area contributed by atoms with Crippen LogP contribution in [0.5, 0.6) is 0 Å². The topological polar surface area (TPSA) is 66.8 Å². The number of likely N-dealkylation sites (tertiary alicyclic amines) is 1. The smallest absolute Gasteiger partial charge is 0.223 e. The molecular formula is C26H29N5O. The molecule has 0 spiro atoms. The van der Waals surface area contributed by atoms with Crippen LogP contribution in [-0.2, 0) is 17.8 Å². The van der Waals surface area contributed by atoms with Crippen molar-refractivity contribution in [3.63, 3.8) is 0 Å². The maximum Gasteiger partial charge on any atom is 0.223 e. The lowest BCUT2D eigenvalue weighted by Gasteiger charge is -2.21. The van der Waals surface area contributed by atoms with E-state index in [4.69, 9.17) is 0 Å². The molecule has 0 bridgehead atoms. The Labute approximate surface area is 188 Å². The lowest BCUT2D eigenvalue weighted by atomic mass is 10.1. The lowest BCUT2D eigenvalue weighted by molar-refractivity contribution is -0.131. The van der Waals surface area contributed by atoms with Crippen molar-refractivity contribution in [1.29, 1.82) is 0 Å². The van der Waals surface area contributed by atoms with Crippen LogP contribution in [0.25, 0.3) is 22.0 Å². The zero-order valence-electron chi connectivity index (χ0n) is 18.7. The second-order valence-electron chi connectivity index (χ2n) is 9.07. The molecule has 1 N–H and O–H groups in total. The first-order valence-electron chi connectivity index (χ1n) is 11.4. The number of aromatic amines is 1. The van der Waals surface area contributed by atoms with E-state index < -0.39 is 0 Å². The molecule has 0 saturated carbocycles. The third kappa shape index (κ3) is 4.17.